The third-order valence-corrected chi connectivity index (χ3v) is 5.74. The molecule has 2 heterocycles. The van der Waals surface area contributed by atoms with E-state index in [9.17, 15) is 9.18 Å². The molecular formula is C18H24FN3O3S2. The molecule has 2 aliphatic rings. The summed E-state index contributed by atoms with van der Waals surface area (Å²) in [5.41, 5.74) is 1.09. The van der Waals surface area contributed by atoms with Gasteiger partial charge in [0.2, 0.25) is 0 Å². The minimum atomic E-state index is -0.484. The third kappa shape index (κ3) is 5.16. The molecule has 1 N–H and O–H groups in total. The zero-order chi connectivity index (χ0) is 19.2. The standard InChI is InChI=1S/C18H24FN3O3S2/c1-2-24-17(26)20-11-14-12-22(18(23)25-14)13-4-5-16(15(19)10-13)21-6-3-8-27-9-7-21/h4-5,10,14H,2-3,6-9,11-12H2,1H3,(H,20,26). The lowest BCUT2D eigenvalue weighted by atomic mass is 10.2. The summed E-state index contributed by atoms with van der Waals surface area (Å²) in [6.45, 7) is 4.69. The number of anilines is 2. The average Bonchev–Trinajstić information content (AvgIpc) is 2.83. The Labute approximate surface area is 168 Å². The van der Waals surface area contributed by atoms with Gasteiger partial charge in [-0.3, -0.25) is 4.90 Å². The lowest BCUT2D eigenvalue weighted by Crippen LogP contribution is -2.34. The Bertz CT molecular complexity index is 684. The van der Waals surface area contributed by atoms with Gasteiger partial charge in [-0.05, 0) is 49.5 Å². The first-order valence-corrected chi connectivity index (χ1v) is 10.7. The van der Waals surface area contributed by atoms with Gasteiger partial charge in [-0.25, -0.2) is 9.18 Å². The van der Waals surface area contributed by atoms with Crippen LogP contribution in [0.4, 0.5) is 20.6 Å². The van der Waals surface area contributed by atoms with Crippen molar-refractivity contribution in [2.45, 2.75) is 19.4 Å². The number of nitrogens with one attached hydrogen (secondary N) is 1. The number of carbonyl (C=O) groups excluding carboxylic acids is 1. The average molecular weight is 414 g/mol. The van der Waals surface area contributed by atoms with Crippen molar-refractivity contribution < 1.29 is 18.7 Å². The molecule has 0 aromatic heterocycles. The Morgan fingerprint density at radius 2 is 2.30 bits per heavy atom. The molecule has 3 rings (SSSR count). The second-order valence-electron chi connectivity index (χ2n) is 6.31. The molecular weight excluding hydrogens is 389 g/mol. The summed E-state index contributed by atoms with van der Waals surface area (Å²) >= 11 is 6.90. The third-order valence-electron chi connectivity index (χ3n) is 4.43. The fraction of sp³-hybridized carbons (Fsp3) is 0.556. The summed E-state index contributed by atoms with van der Waals surface area (Å²) < 4.78 is 25.2. The molecule has 0 aliphatic carbocycles. The summed E-state index contributed by atoms with van der Waals surface area (Å²) in [6, 6.07) is 4.94. The molecule has 2 aliphatic heterocycles. The number of halogens is 1. The van der Waals surface area contributed by atoms with Crippen LogP contribution in [0.25, 0.3) is 0 Å². The van der Waals surface area contributed by atoms with Gasteiger partial charge < -0.3 is 19.7 Å². The van der Waals surface area contributed by atoms with Crippen LogP contribution >= 0.6 is 24.0 Å². The molecule has 1 amide bonds. The largest absolute Gasteiger partial charge is 0.471 e. The van der Waals surface area contributed by atoms with E-state index in [4.69, 9.17) is 21.7 Å². The molecule has 0 bridgehead atoms. The molecule has 0 saturated carbocycles. The fourth-order valence-corrected chi connectivity index (χ4v) is 4.21. The van der Waals surface area contributed by atoms with Gasteiger partial charge in [0.1, 0.15) is 11.9 Å². The van der Waals surface area contributed by atoms with E-state index in [1.807, 2.05) is 18.7 Å². The Hall–Kier alpha value is -1.74. The number of ether oxygens (including phenoxy) is 2. The van der Waals surface area contributed by atoms with Crippen molar-refractivity contribution in [2.75, 3.05) is 54.1 Å². The van der Waals surface area contributed by atoms with Crippen LogP contribution in [0.5, 0.6) is 0 Å². The van der Waals surface area contributed by atoms with Gasteiger partial charge in [-0.1, -0.05) is 0 Å². The molecule has 6 nitrogen and oxygen atoms in total. The molecule has 9 heteroatoms. The Morgan fingerprint density at radius 3 is 3.07 bits per heavy atom. The van der Waals surface area contributed by atoms with Crippen molar-refractivity contribution in [3.63, 3.8) is 0 Å². The maximum atomic E-state index is 14.7. The summed E-state index contributed by atoms with van der Waals surface area (Å²) in [6.07, 6.45) is 0.187. The maximum absolute atomic E-state index is 14.7. The summed E-state index contributed by atoms with van der Waals surface area (Å²) in [4.78, 5) is 15.7. The lowest BCUT2D eigenvalue weighted by Gasteiger charge is -2.24. The number of benzene rings is 1. The number of cyclic esters (lactones) is 1. The van der Waals surface area contributed by atoms with Crippen LogP contribution in [0, 0.1) is 5.82 Å². The van der Waals surface area contributed by atoms with Crippen molar-refractivity contribution in [2.24, 2.45) is 0 Å². The minimum absolute atomic E-state index is 0.276. The first-order valence-electron chi connectivity index (χ1n) is 9.09. The topological polar surface area (TPSA) is 54.0 Å². The molecule has 0 radical (unpaired) electrons. The second kappa shape index (κ2) is 9.45. The highest BCUT2D eigenvalue weighted by Crippen LogP contribution is 2.29. The Balaban J connectivity index is 1.63. The summed E-state index contributed by atoms with van der Waals surface area (Å²) in [5, 5.41) is 3.19. The van der Waals surface area contributed by atoms with Gasteiger partial charge >= 0.3 is 6.09 Å². The summed E-state index contributed by atoms with van der Waals surface area (Å²) in [5.74, 6) is 1.79. The number of nitrogens with zero attached hydrogens (tertiary/aromatic N) is 2. The maximum Gasteiger partial charge on any atom is 0.414 e. The van der Waals surface area contributed by atoms with Gasteiger partial charge in [-0.2, -0.15) is 11.8 Å². The first-order chi connectivity index (χ1) is 13.1. The van der Waals surface area contributed by atoms with Gasteiger partial charge in [-0.15, -0.1) is 0 Å². The van der Waals surface area contributed by atoms with Crippen molar-refractivity contribution in [1.29, 1.82) is 0 Å². The Kier molecular flexibility index (Phi) is 7.01. The van der Waals surface area contributed by atoms with Gasteiger partial charge in [0, 0.05) is 18.8 Å². The molecule has 1 atom stereocenters. The predicted molar refractivity (Wildman–Crippen MR) is 110 cm³/mol. The molecule has 1 aromatic carbocycles. The molecule has 27 heavy (non-hydrogen) atoms. The molecule has 1 aromatic rings. The molecule has 148 valence electrons. The van der Waals surface area contributed by atoms with E-state index in [1.54, 1.807) is 12.1 Å². The zero-order valence-electron chi connectivity index (χ0n) is 15.3. The number of amides is 1. The van der Waals surface area contributed by atoms with Crippen LogP contribution in [0.15, 0.2) is 18.2 Å². The SMILES string of the molecule is CCOC(=S)NCC1CN(c2ccc(N3CCCSCC3)c(F)c2)C(=O)O1. The van der Waals surface area contributed by atoms with E-state index in [-0.39, 0.29) is 17.1 Å². The highest BCUT2D eigenvalue weighted by atomic mass is 32.2. The first kappa shape index (κ1) is 20.0. The normalized spacial score (nSPS) is 20.2. The van der Waals surface area contributed by atoms with Crippen LogP contribution in [-0.4, -0.2) is 61.7 Å². The van der Waals surface area contributed by atoms with Crippen LogP contribution in [-0.2, 0) is 9.47 Å². The van der Waals surface area contributed by atoms with Crippen molar-refractivity contribution in [1.82, 2.24) is 5.32 Å². The van der Waals surface area contributed by atoms with E-state index >= 15 is 0 Å². The highest BCUT2D eigenvalue weighted by molar-refractivity contribution is 7.99. The number of carbonyl (C=O) groups is 1. The molecule has 1 unspecified atom stereocenters. The van der Waals surface area contributed by atoms with Crippen molar-refractivity contribution in [3.8, 4) is 0 Å². The molecule has 0 spiro atoms. The van der Waals surface area contributed by atoms with Crippen molar-refractivity contribution in [3.05, 3.63) is 24.0 Å². The predicted octanol–water partition coefficient (Wildman–Crippen LogP) is 3.01. The second-order valence-corrected chi connectivity index (χ2v) is 7.90. The van der Waals surface area contributed by atoms with E-state index in [0.717, 1.165) is 31.0 Å². The highest BCUT2D eigenvalue weighted by Gasteiger charge is 2.33. The zero-order valence-corrected chi connectivity index (χ0v) is 16.9. The van der Waals surface area contributed by atoms with Crippen LogP contribution < -0.4 is 15.1 Å². The van der Waals surface area contributed by atoms with Crippen LogP contribution in [0.2, 0.25) is 0 Å². The smallest absolute Gasteiger partial charge is 0.414 e. The van der Waals surface area contributed by atoms with E-state index in [1.165, 1.54) is 11.0 Å². The van der Waals surface area contributed by atoms with Gasteiger partial charge in [0.25, 0.3) is 5.17 Å². The number of rotatable bonds is 5. The van der Waals surface area contributed by atoms with Gasteiger partial charge in [0.05, 0.1) is 31.1 Å². The lowest BCUT2D eigenvalue weighted by molar-refractivity contribution is 0.141. The molecule has 2 fully saturated rings. The number of thioether (sulfide) groups is 1. The fourth-order valence-electron chi connectivity index (χ4n) is 3.13. The van der Waals surface area contributed by atoms with Crippen LogP contribution in [0.3, 0.4) is 0 Å². The van der Waals surface area contributed by atoms with Crippen LogP contribution in [0.1, 0.15) is 13.3 Å². The quantitative estimate of drug-likeness (QED) is 0.745. The van der Waals surface area contributed by atoms with Gasteiger partial charge in [0.15, 0.2) is 0 Å². The van der Waals surface area contributed by atoms with Crippen molar-refractivity contribution >= 4 is 46.6 Å². The summed E-state index contributed by atoms with van der Waals surface area (Å²) in [7, 11) is 0. The van der Waals surface area contributed by atoms with E-state index in [0.29, 0.717) is 31.1 Å². The number of hydrogen-bond donors (Lipinski definition) is 1. The monoisotopic (exact) mass is 413 g/mol. The molecule has 2 saturated heterocycles. The van der Waals surface area contributed by atoms with E-state index in [2.05, 4.69) is 10.2 Å². The minimum Gasteiger partial charge on any atom is -0.471 e. The van der Waals surface area contributed by atoms with E-state index < -0.39 is 6.09 Å². The Morgan fingerprint density at radius 1 is 1.44 bits per heavy atom. The number of thiocarbonyl (C=S) groups is 1. The number of hydrogen-bond acceptors (Lipinski definition) is 6.